The Morgan fingerprint density at radius 2 is 1.75 bits per heavy atom. The number of hydrogen-bond acceptors (Lipinski definition) is 8. The molecule has 0 spiro atoms. The van der Waals surface area contributed by atoms with Crippen LogP contribution < -0.4 is 0 Å². The highest BCUT2D eigenvalue weighted by Gasteiger charge is 2.44. The van der Waals surface area contributed by atoms with Gasteiger partial charge in [0, 0.05) is 20.4 Å². The molecule has 0 aliphatic carbocycles. The molecule has 0 bridgehead atoms. The van der Waals surface area contributed by atoms with Crippen LogP contribution in [-0.4, -0.2) is 44.3 Å². The lowest BCUT2D eigenvalue weighted by Gasteiger charge is -2.37. The van der Waals surface area contributed by atoms with Gasteiger partial charge >= 0.3 is 19.5 Å². The zero-order valence-corrected chi connectivity index (χ0v) is 17.2. The van der Waals surface area contributed by atoms with Crippen LogP contribution in [0.3, 0.4) is 0 Å². The number of nitrogens with zero attached hydrogens (tertiary/aromatic N) is 1. The molecular weight excluding hydrogens is 385 g/mol. The summed E-state index contributed by atoms with van der Waals surface area (Å²) in [5, 5.41) is 0. The molecule has 0 N–H and O–H groups in total. The van der Waals surface area contributed by atoms with Gasteiger partial charge in [-0.3, -0.25) is 4.57 Å². The van der Waals surface area contributed by atoms with Gasteiger partial charge in [0.2, 0.25) is 0 Å². The van der Waals surface area contributed by atoms with Crippen LogP contribution in [0.1, 0.15) is 30.8 Å². The SMILES string of the molecule is CCOC(=O)/C=C(\C(=O)OCC)N1C=Cc2ccccc2C1P(=O)(OC)OC. The van der Waals surface area contributed by atoms with E-state index < -0.39 is 25.3 Å². The Hall–Kier alpha value is -2.41. The van der Waals surface area contributed by atoms with Crippen LogP contribution in [-0.2, 0) is 32.7 Å². The summed E-state index contributed by atoms with van der Waals surface area (Å²) in [7, 11) is -1.21. The Kier molecular flexibility index (Phi) is 7.57. The minimum atomic E-state index is -3.74. The summed E-state index contributed by atoms with van der Waals surface area (Å²) in [6.07, 6.45) is 4.29. The van der Waals surface area contributed by atoms with Crippen molar-refractivity contribution in [2.24, 2.45) is 0 Å². The average Bonchev–Trinajstić information content (AvgIpc) is 2.71. The molecule has 1 aliphatic rings. The lowest BCUT2D eigenvalue weighted by molar-refractivity contribution is -0.142. The van der Waals surface area contributed by atoms with Crippen molar-refractivity contribution in [3.63, 3.8) is 0 Å². The first kappa shape index (κ1) is 21.9. The van der Waals surface area contributed by atoms with Crippen LogP contribution in [0, 0.1) is 0 Å². The predicted octanol–water partition coefficient (Wildman–Crippen LogP) is 3.47. The number of ether oxygens (including phenoxy) is 2. The van der Waals surface area contributed by atoms with Crippen molar-refractivity contribution < 1.29 is 32.7 Å². The van der Waals surface area contributed by atoms with Gasteiger partial charge in [-0.1, -0.05) is 24.3 Å². The maximum absolute atomic E-state index is 13.4. The van der Waals surface area contributed by atoms with Gasteiger partial charge in [-0.25, -0.2) is 9.59 Å². The molecule has 0 saturated carbocycles. The normalized spacial score (nSPS) is 16.5. The molecule has 28 heavy (non-hydrogen) atoms. The number of benzene rings is 1. The molecular formula is C19H24NO7P. The molecule has 8 nitrogen and oxygen atoms in total. The fourth-order valence-electron chi connectivity index (χ4n) is 2.84. The van der Waals surface area contributed by atoms with Crippen molar-refractivity contribution in [3.05, 3.63) is 53.4 Å². The van der Waals surface area contributed by atoms with Crippen LogP contribution >= 0.6 is 7.60 Å². The van der Waals surface area contributed by atoms with E-state index in [2.05, 4.69) is 0 Å². The molecule has 1 aromatic rings. The van der Waals surface area contributed by atoms with Gasteiger partial charge in [-0.05, 0) is 31.1 Å². The van der Waals surface area contributed by atoms with Gasteiger partial charge in [0.05, 0.1) is 19.3 Å². The number of carbonyl (C=O) groups is 2. The Morgan fingerprint density at radius 3 is 2.36 bits per heavy atom. The van der Waals surface area contributed by atoms with Crippen molar-refractivity contribution in [3.8, 4) is 0 Å². The van der Waals surface area contributed by atoms with E-state index in [0.717, 1.165) is 11.6 Å². The molecule has 0 radical (unpaired) electrons. The summed E-state index contributed by atoms with van der Waals surface area (Å²) in [4.78, 5) is 26.0. The van der Waals surface area contributed by atoms with E-state index in [1.165, 1.54) is 19.1 Å². The topological polar surface area (TPSA) is 91.4 Å². The number of rotatable bonds is 8. The summed E-state index contributed by atoms with van der Waals surface area (Å²) in [6.45, 7) is 3.54. The largest absolute Gasteiger partial charge is 0.463 e. The number of carbonyl (C=O) groups excluding carboxylic acids is 2. The van der Waals surface area contributed by atoms with Crippen molar-refractivity contribution in [2.45, 2.75) is 19.6 Å². The second kappa shape index (κ2) is 9.68. The number of hydrogen-bond donors (Lipinski definition) is 0. The van der Waals surface area contributed by atoms with Crippen LogP contribution in [0.2, 0.25) is 0 Å². The van der Waals surface area contributed by atoms with Gasteiger partial charge in [0.25, 0.3) is 0 Å². The first-order valence-electron chi connectivity index (χ1n) is 8.74. The molecule has 0 amide bonds. The Morgan fingerprint density at radius 1 is 1.11 bits per heavy atom. The predicted molar refractivity (Wildman–Crippen MR) is 103 cm³/mol. The van der Waals surface area contributed by atoms with Gasteiger partial charge in [0.1, 0.15) is 5.70 Å². The molecule has 1 aromatic carbocycles. The van der Waals surface area contributed by atoms with Gasteiger partial charge in [-0.2, -0.15) is 0 Å². The minimum absolute atomic E-state index is 0.101. The maximum atomic E-state index is 13.4. The second-order valence-corrected chi connectivity index (χ2v) is 7.93. The lowest BCUT2D eigenvalue weighted by atomic mass is 10.0. The van der Waals surface area contributed by atoms with E-state index in [9.17, 15) is 14.2 Å². The monoisotopic (exact) mass is 409 g/mol. The zero-order chi connectivity index (χ0) is 20.7. The second-order valence-electron chi connectivity index (χ2n) is 5.63. The third kappa shape index (κ3) is 4.52. The highest BCUT2D eigenvalue weighted by atomic mass is 31.2. The smallest absolute Gasteiger partial charge is 0.357 e. The lowest BCUT2D eigenvalue weighted by Crippen LogP contribution is -2.32. The molecule has 1 unspecified atom stereocenters. The van der Waals surface area contributed by atoms with Crippen LogP contribution in [0.5, 0.6) is 0 Å². The van der Waals surface area contributed by atoms with Crippen LogP contribution in [0.4, 0.5) is 0 Å². The molecule has 152 valence electrons. The highest BCUT2D eigenvalue weighted by molar-refractivity contribution is 7.54. The van der Waals surface area contributed by atoms with E-state index >= 15 is 0 Å². The Balaban J connectivity index is 2.64. The van der Waals surface area contributed by atoms with Gasteiger partial charge < -0.3 is 23.4 Å². The summed E-state index contributed by atoms with van der Waals surface area (Å²) >= 11 is 0. The Bertz CT molecular complexity index is 825. The highest BCUT2D eigenvalue weighted by Crippen LogP contribution is 2.63. The van der Waals surface area contributed by atoms with E-state index in [1.54, 1.807) is 38.3 Å². The molecule has 1 heterocycles. The first-order chi connectivity index (χ1) is 13.4. The van der Waals surface area contributed by atoms with Crippen LogP contribution in [0.25, 0.3) is 6.08 Å². The zero-order valence-electron chi connectivity index (χ0n) is 16.3. The standard InChI is InChI=1S/C19H24NO7P/c1-5-26-17(21)13-16(19(22)27-6-2)20-12-11-14-9-7-8-10-15(14)18(20)28(23,24-3)25-4/h7-13,18H,5-6H2,1-4H3/b16-13+. The fourth-order valence-corrected chi connectivity index (χ4v) is 4.47. The van der Waals surface area contributed by atoms with Crippen molar-refractivity contribution in [2.75, 3.05) is 27.4 Å². The molecule has 9 heteroatoms. The van der Waals surface area contributed by atoms with Crippen molar-refractivity contribution in [1.82, 2.24) is 4.90 Å². The van der Waals surface area contributed by atoms with Gasteiger partial charge in [-0.15, -0.1) is 0 Å². The Labute approximate surface area is 164 Å². The molecule has 0 saturated heterocycles. The third-order valence-corrected chi connectivity index (χ3v) is 6.21. The summed E-state index contributed by atoms with van der Waals surface area (Å²) in [5.41, 5.74) is 1.28. The quantitative estimate of drug-likeness (QED) is 0.366. The average molecular weight is 409 g/mol. The summed E-state index contributed by atoms with van der Waals surface area (Å²) < 4.78 is 33.8. The molecule has 0 aromatic heterocycles. The maximum Gasteiger partial charge on any atom is 0.357 e. The molecule has 2 rings (SSSR count). The van der Waals surface area contributed by atoms with E-state index in [4.69, 9.17) is 18.5 Å². The molecule has 1 aliphatic heterocycles. The van der Waals surface area contributed by atoms with Crippen molar-refractivity contribution >= 4 is 25.6 Å². The summed E-state index contributed by atoms with van der Waals surface area (Å²) in [6, 6.07) is 7.21. The molecule has 1 atom stereocenters. The van der Waals surface area contributed by atoms with Gasteiger partial charge in [0.15, 0.2) is 5.78 Å². The third-order valence-electron chi connectivity index (χ3n) is 4.06. The fraction of sp³-hybridized carbons (Fsp3) is 0.368. The van der Waals surface area contributed by atoms with E-state index in [1.807, 2.05) is 12.1 Å². The minimum Gasteiger partial charge on any atom is -0.463 e. The molecule has 0 fully saturated rings. The summed E-state index contributed by atoms with van der Waals surface area (Å²) in [5.74, 6) is -2.47. The van der Waals surface area contributed by atoms with Crippen molar-refractivity contribution in [1.29, 1.82) is 0 Å². The number of fused-ring (bicyclic) bond motifs is 1. The van der Waals surface area contributed by atoms with Crippen LogP contribution in [0.15, 0.2) is 42.2 Å². The number of esters is 2. The van der Waals surface area contributed by atoms with E-state index in [-0.39, 0.29) is 18.9 Å². The van der Waals surface area contributed by atoms with E-state index in [0.29, 0.717) is 5.56 Å². The first-order valence-corrected chi connectivity index (χ1v) is 10.3.